The zero-order valence-electron chi connectivity index (χ0n) is 14.5. The van der Waals surface area contributed by atoms with Crippen LogP contribution in [0.1, 0.15) is 46.8 Å². The number of likely N-dealkylation sites (tertiary alicyclic amines) is 1. The van der Waals surface area contributed by atoms with Crippen molar-refractivity contribution in [3.8, 4) is 0 Å². The molecule has 0 N–H and O–H groups in total. The first kappa shape index (κ1) is 16.7. The number of piperidine rings is 1. The fraction of sp³-hybridized carbons (Fsp3) is 0.400. The molecule has 0 spiro atoms. The van der Waals surface area contributed by atoms with Gasteiger partial charge in [0.15, 0.2) is 0 Å². The lowest BCUT2D eigenvalue weighted by atomic mass is 9.94. The number of hydrogen-bond acceptors (Lipinski definition) is 3. The Balaban J connectivity index is 1.80. The van der Waals surface area contributed by atoms with Gasteiger partial charge in [-0.25, -0.2) is 0 Å². The van der Waals surface area contributed by atoms with Crippen molar-refractivity contribution < 1.29 is 4.79 Å². The molecule has 1 amide bonds. The standard InChI is InChI=1S/C20H25N3O/c1-22(2)15-16-6-8-17(9-7-16)19-5-3-4-14-23(19)20(24)18-10-12-21-13-11-18/h6-13,19H,3-5,14-15H2,1-2H3/t19-/m0/s1. The molecule has 2 aromatic rings. The van der Waals surface area contributed by atoms with Gasteiger partial charge in [-0.2, -0.15) is 0 Å². The molecular formula is C20H25N3O. The molecule has 1 saturated heterocycles. The van der Waals surface area contributed by atoms with E-state index in [1.54, 1.807) is 24.5 Å². The number of pyridine rings is 1. The van der Waals surface area contributed by atoms with Crippen LogP contribution in [-0.2, 0) is 6.54 Å². The SMILES string of the molecule is CN(C)Cc1ccc([C@@H]2CCCCN2C(=O)c2ccncc2)cc1. The van der Waals surface area contributed by atoms with Crippen LogP contribution in [0.5, 0.6) is 0 Å². The fourth-order valence-corrected chi connectivity index (χ4v) is 3.39. The second-order valence-corrected chi connectivity index (χ2v) is 6.73. The van der Waals surface area contributed by atoms with E-state index in [0.717, 1.165) is 31.5 Å². The minimum Gasteiger partial charge on any atom is -0.332 e. The van der Waals surface area contributed by atoms with E-state index in [1.165, 1.54) is 17.5 Å². The number of nitrogens with zero attached hydrogens (tertiary/aromatic N) is 3. The normalized spacial score (nSPS) is 18.0. The molecule has 1 aliphatic rings. The number of carbonyl (C=O) groups is 1. The van der Waals surface area contributed by atoms with Gasteiger partial charge in [-0.15, -0.1) is 0 Å². The highest BCUT2D eigenvalue weighted by molar-refractivity contribution is 5.94. The van der Waals surface area contributed by atoms with E-state index in [-0.39, 0.29) is 11.9 Å². The zero-order valence-corrected chi connectivity index (χ0v) is 14.5. The second-order valence-electron chi connectivity index (χ2n) is 6.73. The van der Waals surface area contributed by atoms with E-state index in [2.05, 4.69) is 48.2 Å². The van der Waals surface area contributed by atoms with Gasteiger partial charge in [0.05, 0.1) is 6.04 Å². The van der Waals surface area contributed by atoms with Crippen LogP contribution >= 0.6 is 0 Å². The number of aromatic nitrogens is 1. The molecule has 1 aromatic heterocycles. The second kappa shape index (κ2) is 7.58. The maximum atomic E-state index is 12.9. The Kier molecular flexibility index (Phi) is 5.26. The van der Waals surface area contributed by atoms with Crippen LogP contribution in [0.15, 0.2) is 48.8 Å². The first-order valence-corrected chi connectivity index (χ1v) is 8.60. The summed E-state index contributed by atoms with van der Waals surface area (Å²) >= 11 is 0. The third kappa shape index (κ3) is 3.82. The average molecular weight is 323 g/mol. The van der Waals surface area contributed by atoms with Gasteiger partial charge in [-0.05, 0) is 56.6 Å². The summed E-state index contributed by atoms with van der Waals surface area (Å²) in [4.78, 5) is 21.1. The molecule has 0 bridgehead atoms. The molecule has 0 unspecified atom stereocenters. The number of carbonyl (C=O) groups excluding carboxylic acids is 1. The minimum atomic E-state index is 0.111. The van der Waals surface area contributed by atoms with E-state index in [4.69, 9.17) is 0 Å². The van der Waals surface area contributed by atoms with Gasteiger partial charge in [0, 0.05) is 31.0 Å². The smallest absolute Gasteiger partial charge is 0.254 e. The highest BCUT2D eigenvalue weighted by Gasteiger charge is 2.28. The summed E-state index contributed by atoms with van der Waals surface area (Å²) in [6.45, 7) is 1.76. The molecule has 0 radical (unpaired) electrons. The summed E-state index contributed by atoms with van der Waals surface area (Å²) in [5.74, 6) is 0.111. The molecule has 3 rings (SSSR count). The summed E-state index contributed by atoms with van der Waals surface area (Å²) in [6, 6.07) is 12.5. The topological polar surface area (TPSA) is 36.4 Å². The number of rotatable bonds is 4. The van der Waals surface area contributed by atoms with Gasteiger partial charge in [0.25, 0.3) is 5.91 Å². The first-order chi connectivity index (χ1) is 11.6. The van der Waals surface area contributed by atoms with Gasteiger partial charge in [-0.1, -0.05) is 24.3 Å². The van der Waals surface area contributed by atoms with E-state index < -0.39 is 0 Å². The highest BCUT2D eigenvalue weighted by atomic mass is 16.2. The van der Waals surface area contributed by atoms with Gasteiger partial charge in [0.1, 0.15) is 0 Å². The van der Waals surface area contributed by atoms with Gasteiger partial charge in [-0.3, -0.25) is 9.78 Å². The summed E-state index contributed by atoms with van der Waals surface area (Å²) in [5, 5.41) is 0. The molecule has 126 valence electrons. The molecule has 1 fully saturated rings. The lowest BCUT2D eigenvalue weighted by molar-refractivity contribution is 0.0611. The predicted molar refractivity (Wildman–Crippen MR) is 95.7 cm³/mol. The molecule has 1 aliphatic heterocycles. The Morgan fingerprint density at radius 1 is 1.12 bits per heavy atom. The molecular weight excluding hydrogens is 298 g/mol. The maximum absolute atomic E-state index is 12.9. The lowest BCUT2D eigenvalue weighted by Gasteiger charge is -2.36. The van der Waals surface area contributed by atoms with Crippen molar-refractivity contribution in [3.63, 3.8) is 0 Å². The van der Waals surface area contributed by atoms with Crippen molar-refractivity contribution in [1.29, 1.82) is 0 Å². The molecule has 4 heteroatoms. The molecule has 24 heavy (non-hydrogen) atoms. The first-order valence-electron chi connectivity index (χ1n) is 8.60. The van der Waals surface area contributed by atoms with E-state index in [9.17, 15) is 4.79 Å². The number of amides is 1. The molecule has 1 atom stereocenters. The van der Waals surface area contributed by atoms with E-state index in [0.29, 0.717) is 0 Å². The Morgan fingerprint density at radius 2 is 1.83 bits per heavy atom. The summed E-state index contributed by atoms with van der Waals surface area (Å²) in [5.41, 5.74) is 3.26. The maximum Gasteiger partial charge on any atom is 0.254 e. The van der Waals surface area contributed by atoms with Crippen molar-refractivity contribution in [3.05, 3.63) is 65.5 Å². The third-order valence-corrected chi connectivity index (χ3v) is 4.55. The molecule has 0 aliphatic carbocycles. The van der Waals surface area contributed by atoms with E-state index >= 15 is 0 Å². The van der Waals surface area contributed by atoms with Crippen molar-refractivity contribution in [2.75, 3.05) is 20.6 Å². The predicted octanol–water partition coefficient (Wildman–Crippen LogP) is 3.51. The Hall–Kier alpha value is -2.20. The minimum absolute atomic E-state index is 0.111. The Morgan fingerprint density at radius 3 is 2.50 bits per heavy atom. The molecule has 2 heterocycles. The third-order valence-electron chi connectivity index (χ3n) is 4.55. The van der Waals surface area contributed by atoms with Crippen molar-refractivity contribution in [2.24, 2.45) is 0 Å². The number of hydrogen-bond donors (Lipinski definition) is 0. The van der Waals surface area contributed by atoms with Gasteiger partial charge >= 0.3 is 0 Å². The molecule has 4 nitrogen and oxygen atoms in total. The summed E-state index contributed by atoms with van der Waals surface area (Å²) in [6.07, 6.45) is 6.64. The Bertz CT molecular complexity index is 667. The lowest BCUT2D eigenvalue weighted by Crippen LogP contribution is -2.38. The highest BCUT2D eigenvalue weighted by Crippen LogP contribution is 2.32. The zero-order chi connectivity index (χ0) is 16.9. The van der Waals surface area contributed by atoms with Crippen molar-refractivity contribution in [2.45, 2.75) is 31.8 Å². The number of benzene rings is 1. The van der Waals surface area contributed by atoms with Crippen LogP contribution in [0, 0.1) is 0 Å². The van der Waals surface area contributed by atoms with Crippen LogP contribution in [0.25, 0.3) is 0 Å². The monoisotopic (exact) mass is 323 g/mol. The van der Waals surface area contributed by atoms with Crippen molar-refractivity contribution in [1.82, 2.24) is 14.8 Å². The summed E-state index contributed by atoms with van der Waals surface area (Å²) in [7, 11) is 4.15. The van der Waals surface area contributed by atoms with Gasteiger partial charge in [0.2, 0.25) is 0 Å². The summed E-state index contributed by atoms with van der Waals surface area (Å²) < 4.78 is 0. The van der Waals surface area contributed by atoms with Crippen LogP contribution in [0.4, 0.5) is 0 Å². The van der Waals surface area contributed by atoms with Crippen LogP contribution in [0.2, 0.25) is 0 Å². The van der Waals surface area contributed by atoms with Crippen LogP contribution in [0.3, 0.4) is 0 Å². The van der Waals surface area contributed by atoms with Crippen LogP contribution < -0.4 is 0 Å². The quantitative estimate of drug-likeness (QED) is 0.864. The average Bonchev–Trinajstić information content (AvgIpc) is 2.62. The Labute approximate surface area is 144 Å². The van der Waals surface area contributed by atoms with E-state index in [1.807, 2.05) is 4.90 Å². The van der Waals surface area contributed by atoms with Gasteiger partial charge < -0.3 is 9.80 Å². The largest absolute Gasteiger partial charge is 0.332 e. The van der Waals surface area contributed by atoms with Crippen molar-refractivity contribution >= 4 is 5.91 Å². The fourth-order valence-electron chi connectivity index (χ4n) is 3.39. The molecule has 1 aromatic carbocycles. The van der Waals surface area contributed by atoms with Crippen LogP contribution in [-0.4, -0.2) is 41.3 Å². The molecule has 0 saturated carbocycles.